The van der Waals surface area contributed by atoms with Gasteiger partial charge in [0.2, 0.25) is 0 Å². The molecule has 20 heavy (non-hydrogen) atoms. The van der Waals surface area contributed by atoms with E-state index in [0.717, 1.165) is 44.3 Å². The van der Waals surface area contributed by atoms with Crippen LogP contribution in [0, 0.1) is 0 Å². The van der Waals surface area contributed by atoms with Gasteiger partial charge in [0.25, 0.3) is 0 Å². The highest BCUT2D eigenvalue weighted by molar-refractivity contribution is 5.39. The van der Waals surface area contributed by atoms with Crippen molar-refractivity contribution in [2.24, 2.45) is 0 Å². The van der Waals surface area contributed by atoms with Crippen LogP contribution in [0.15, 0.2) is 36.4 Å². The summed E-state index contributed by atoms with van der Waals surface area (Å²) in [7, 11) is 0. The first-order valence-corrected chi connectivity index (χ1v) is 7.20. The second-order valence-electron chi connectivity index (χ2n) is 4.58. The Labute approximate surface area is 120 Å². The third kappa shape index (κ3) is 4.87. The number of para-hydroxylation sites is 2. The number of ether oxygens (including phenoxy) is 3. The molecule has 1 aromatic rings. The normalized spacial score (nSPS) is 16.4. The first-order chi connectivity index (χ1) is 9.90. The summed E-state index contributed by atoms with van der Waals surface area (Å²) in [5.74, 6) is 1.60. The van der Waals surface area contributed by atoms with Crippen molar-refractivity contribution in [1.29, 1.82) is 0 Å². The topological polar surface area (TPSA) is 30.9 Å². The molecule has 0 radical (unpaired) electrons. The number of nitrogens with zero attached hydrogens (tertiary/aromatic N) is 1. The summed E-state index contributed by atoms with van der Waals surface area (Å²) in [6.07, 6.45) is 4.20. The Morgan fingerprint density at radius 1 is 1.10 bits per heavy atom. The molecule has 0 spiro atoms. The largest absolute Gasteiger partial charge is 0.490 e. The molecule has 1 heterocycles. The minimum absolute atomic E-state index is 0.564. The molecule has 4 nitrogen and oxygen atoms in total. The van der Waals surface area contributed by atoms with Crippen molar-refractivity contribution in [3.05, 3.63) is 36.4 Å². The molecule has 2 rings (SSSR count). The van der Waals surface area contributed by atoms with Crippen molar-refractivity contribution in [2.75, 3.05) is 46.1 Å². The molecule has 0 amide bonds. The van der Waals surface area contributed by atoms with E-state index in [1.165, 1.54) is 0 Å². The molecule has 1 aliphatic heterocycles. The summed E-state index contributed by atoms with van der Waals surface area (Å²) in [4.78, 5) is 2.37. The van der Waals surface area contributed by atoms with E-state index in [2.05, 4.69) is 17.1 Å². The van der Waals surface area contributed by atoms with Crippen molar-refractivity contribution >= 4 is 0 Å². The highest BCUT2D eigenvalue weighted by Crippen LogP contribution is 2.26. The van der Waals surface area contributed by atoms with Crippen LogP contribution in [0.25, 0.3) is 0 Å². The van der Waals surface area contributed by atoms with E-state index in [1.54, 1.807) is 0 Å². The molecule has 0 N–H and O–H groups in total. The van der Waals surface area contributed by atoms with E-state index in [1.807, 2.05) is 31.2 Å². The molecule has 1 saturated heterocycles. The molecule has 0 atom stereocenters. The fourth-order valence-corrected chi connectivity index (χ4v) is 2.06. The van der Waals surface area contributed by atoms with Crippen molar-refractivity contribution in [2.45, 2.75) is 6.92 Å². The SMILES string of the molecule is CCOc1ccccc1OCC=CCN1CCOCC1. The molecule has 4 heteroatoms. The first-order valence-electron chi connectivity index (χ1n) is 7.20. The zero-order chi connectivity index (χ0) is 14.0. The number of rotatable bonds is 7. The predicted molar refractivity (Wildman–Crippen MR) is 79.5 cm³/mol. The monoisotopic (exact) mass is 277 g/mol. The van der Waals surface area contributed by atoms with Crippen LogP contribution in [0.2, 0.25) is 0 Å². The van der Waals surface area contributed by atoms with Gasteiger partial charge >= 0.3 is 0 Å². The van der Waals surface area contributed by atoms with E-state index in [9.17, 15) is 0 Å². The van der Waals surface area contributed by atoms with Gasteiger partial charge in [-0.2, -0.15) is 0 Å². The van der Waals surface area contributed by atoms with E-state index in [-0.39, 0.29) is 0 Å². The second kappa shape index (κ2) is 8.61. The van der Waals surface area contributed by atoms with Gasteiger partial charge in [-0.25, -0.2) is 0 Å². The van der Waals surface area contributed by atoms with Gasteiger partial charge in [0.05, 0.1) is 19.8 Å². The van der Waals surface area contributed by atoms with Gasteiger partial charge in [-0.15, -0.1) is 0 Å². The summed E-state index contributed by atoms with van der Waals surface area (Å²) < 4.78 is 16.6. The third-order valence-corrected chi connectivity index (χ3v) is 3.12. The predicted octanol–water partition coefficient (Wildman–Crippen LogP) is 2.35. The Hall–Kier alpha value is -1.52. The molecule has 0 aromatic heterocycles. The molecule has 1 fully saturated rings. The Bertz CT molecular complexity index is 414. The highest BCUT2D eigenvalue weighted by atomic mass is 16.5. The van der Waals surface area contributed by atoms with Crippen LogP contribution in [0.5, 0.6) is 11.5 Å². The van der Waals surface area contributed by atoms with E-state index >= 15 is 0 Å². The number of benzene rings is 1. The summed E-state index contributed by atoms with van der Waals surface area (Å²) in [6.45, 7) is 7.84. The summed E-state index contributed by atoms with van der Waals surface area (Å²) in [5.41, 5.74) is 0. The Kier molecular flexibility index (Phi) is 6.41. The second-order valence-corrected chi connectivity index (χ2v) is 4.58. The Morgan fingerprint density at radius 3 is 2.50 bits per heavy atom. The smallest absolute Gasteiger partial charge is 0.161 e. The van der Waals surface area contributed by atoms with Crippen LogP contribution in [0.1, 0.15) is 6.92 Å². The lowest BCUT2D eigenvalue weighted by atomic mass is 10.3. The molecular weight excluding hydrogens is 254 g/mol. The van der Waals surface area contributed by atoms with Gasteiger partial charge in [-0.05, 0) is 19.1 Å². The van der Waals surface area contributed by atoms with E-state index in [4.69, 9.17) is 14.2 Å². The zero-order valence-corrected chi connectivity index (χ0v) is 12.1. The number of hydrogen-bond acceptors (Lipinski definition) is 4. The van der Waals surface area contributed by atoms with Crippen molar-refractivity contribution in [1.82, 2.24) is 4.90 Å². The van der Waals surface area contributed by atoms with Gasteiger partial charge in [0.1, 0.15) is 6.61 Å². The molecule has 0 aliphatic carbocycles. The molecule has 0 saturated carbocycles. The molecular formula is C16H23NO3. The lowest BCUT2D eigenvalue weighted by molar-refractivity contribution is 0.0434. The fourth-order valence-electron chi connectivity index (χ4n) is 2.06. The van der Waals surface area contributed by atoms with Gasteiger partial charge < -0.3 is 14.2 Å². The highest BCUT2D eigenvalue weighted by Gasteiger charge is 2.07. The number of morpholine rings is 1. The Morgan fingerprint density at radius 2 is 1.80 bits per heavy atom. The third-order valence-electron chi connectivity index (χ3n) is 3.12. The average molecular weight is 277 g/mol. The van der Waals surface area contributed by atoms with Gasteiger partial charge in [0, 0.05) is 19.6 Å². The summed E-state index contributed by atoms with van der Waals surface area (Å²) >= 11 is 0. The standard InChI is InChI=1S/C16H23NO3/c1-2-19-15-7-3-4-8-16(15)20-12-6-5-9-17-10-13-18-14-11-17/h3-8H,2,9-14H2,1H3. The maximum atomic E-state index is 5.72. The number of hydrogen-bond donors (Lipinski definition) is 0. The van der Waals surface area contributed by atoms with Gasteiger partial charge in [-0.1, -0.05) is 24.3 Å². The lowest BCUT2D eigenvalue weighted by Crippen LogP contribution is -2.36. The Balaban J connectivity index is 1.72. The van der Waals surface area contributed by atoms with Crippen LogP contribution in [-0.2, 0) is 4.74 Å². The molecule has 1 aliphatic rings. The quantitative estimate of drug-likeness (QED) is 0.716. The van der Waals surface area contributed by atoms with Gasteiger partial charge in [-0.3, -0.25) is 4.90 Å². The zero-order valence-electron chi connectivity index (χ0n) is 12.1. The van der Waals surface area contributed by atoms with Crippen LogP contribution in [0.4, 0.5) is 0 Å². The van der Waals surface area contributed by atoms with Crippen molar-refractivity contribution in [3.63, 3.8) is 0 Å². The minimum atomic E-state index is 0.564. The maximum Gasteiger partial charge on any atom is 0.161 e. The van der Waals surface area contributed by atoms with E-state index in [0.29, 0.717) is 13.2 Å². The molecule has 110 valence electrons. The van der Waals surface area contributed by atoms with Crippen molar-refractivity contribution in [3.8, 4) is 11.5 Å². The van der Waals surface area contributed by atoms with Gasteiger partial charge in [0.15, 0.2) is 11.5 Å². The van der Waals surface area contributed by atoms with Crippen molar-refractivity contribution < 1.29 is 14.2 Å². The summed E-state index contributed by atoms with van der Waals surface area (Å²) in [6, 6.07) is 7.76. The molecule has 1 aromatic carbocycles. The summed E-state index contributed by atoms with van der Waals surface area (Å²) in [5, 5.41) is 0. The average Bonchev–Trinajstić information content (AvgIpc) is 2.50. The van der Waals surface area contributed by atoms with Crippen LogP contribution in [-0.4, -0.2) is 51.0 Å². The molecule has 0 unspecified atom stereocenters. The molecule has 0 bridgehead atoms. The lowest BCUT2D eigenvalue weighted by Gasteiger charge is -2.25. The fraction of sp³-hybridized carbons (Fsp3) is 0.500. The minimum Gasteiger partial charge on any atom is -0.490 e. The van der Waals surface area contributed by atoms with E-state index < -0.39 is 0 Å². The van der Waals surface area contributed by atoms with Crippen LogP contribution < -0.4 is 9.47 Å². The van der Waals surface area contributed by atoms with Crippen LogP contribution >= 0.6 is 0 Å². The first kappa shape index (κ1) is 14.9. The van der Waals surface area contributed by atoms with Crippen LogP contribution in [0.3, 0.4) is 0 Å². The maximum absolute atomic E-state index is 5.72.